The van der Waals surface area contributed by atoms with Gasteiger partial charge in [0.1, 0.15) is 27.4 Å². The van der Waals surface area contributed by atoms with E-state index >= 15 is 0 Å². The Morgan fingerprint density at radius 2 is 1.52 bits per heavy atom. The number of benzene rings is 2. The minimum atomic E-state index is -4.97. The fraction of sp³-hybridized carbons (Fsp3) is 0.346. The largest absolute Gasteiger partial charge is 1.00 e. The number of anilines is 2. The summed E-state index contributed by atoms with van der Waals surface area (Å²) >= 11 is 0.341. The molecule has 28 heteroatoms. The number of amides is 1. The predicted octanol–water partition coefficient (Wildman–Crippen LogP) is -10.3. The second-order valence-corrected chi connectivity index (χ2v) is 15.4. The van der Waals surface area contributed by atoms with Crippen LogP contribution in [0.15, 0.2) is 62.6 Å². The molecule has 0 unspecified atom stereocenters. The van der Waals surface area contributed by atoms with Crippen LogP contribution in [-0.4, -0.2) is 79.2 Å². The molecule has 1 amide bonds. The third kappa shape index (κ3) is 20.9. The monoisotopic (exact) mass is 929 g/mol. The van der Waals surface area contributed by atoms with Crippen molar-refractivity contribution in [2.24, 2.45) is 10.2 Å². The predicted molar refractivity (Wildman–Crippen MR) is 169 cm³/mol. The molecule has 0 aliphatic heterocycles. The van der Waals surface area contributed by atoms with Crippen LogP contribution in [0.5, 0.6) is 0 Å². The summed E-state index contributed by atoms with van der Waals surface area (Å²) in [6, 6.07) is 9.28. The number of hydrogen-bond acceptors (Lipinski definition) is 19. The molecule has 272 valence electrons. The molecule has 0 fully saturated rings. The van der Waals surface area contributed by atoms with Crippen LogP contribution < -0.4 is 221 Å². The average Bonchev–Trinajstić information content (AvgIpc) is 3.43. The zero-order chi connectivity index (χ0) is 37.1. The van der Waals surface area contributed by atoms with Crippen LogP contribution in [0, 0.1) is 11.3 Å². The van der Waals surface area contributed by atoms with Gasteiger partial charge in [-0.25, -0.2) is 29.9 Å². The summed E-state index contributed by atoms with van der Waals surface area (Å²) < 4.78 is 107. The molecule has 0 saturated heterocycles. The van der Waals surface area contributed by atoms with Gasteiger partial charge in [0.15, 0.2) is 5.82 Å². The summed E-state index contributed by atoms with van der Waals surface area (Å²) in [4.78, 5) is 13.2. The van der Waals surface area contributed by atoms with E-state index in [9.17, 15) is 54.2 Å². The van der Waals surface area contributed by atoms with Gasteiger partial charge in [-0.15, -0.1) is 10.2 Å². The fourth-order valence-electron chi connectivity index (χ4n) is 4.36. The summed E-state index contributed by atoms with van der Waals surface area (Å²) in [5, 5.41) is 38.4. The van der Waals surface area contributed by atoms with Gasteiger partial charge in [-0.2, -0.15) is 14.7 Å². The van der Waals surface area contributed by atoms with Gasteiger partial charge in [0.05, 0.1) is 59.6 Å². The molecule has 0 atom stereocenters. The average molecular weight is 930 g/mol. The van der Waals surface area contributed by atoms with Crippen LogP contribution in [0.4, 0.5) is 22.9 Å². The Morgan fingerprint density at radius 3 is 2.02 bits per heavy atom. The molecule has 1 heterocycles. The standard InChI is InChI=1S/C26H31N7O13S4.4K/c1-18(34)29-23-14-20(32(10-2-4-12-48(36,37)38)11-3-5-13-49(39,40)41)6-8-22(23)30-31-26-19(16-27)17-28-33(26)24-15-21(50(42,43)44)7-9-25(24)47-46-45-35;;;;/h6-9,14-15,17,35H,2-5,10-13H2,1H3,(H,29,34)(H,36,37,38)(H,39,40,41)(H,42,43,44);;;;/q;4*+1/p-4. The summed E-state index contributed by atoms with van der Waals surface area (Å²) in [5.74, 6) is -1.97. The molecule has 0 aliphatic rings. The minimum absolute atomic E-state index is 0. The first-order valence-electron chi connectivity index (χ1n) is 14.1. The number of azo groups is 1. The Labute approximate surface area is 486 Å². The third-order valence-corrected chi connectivity index (χ3v) is 9.57. The van der Waals surface area contributed by atoms with E-state index in [1.54, 1.807) is 11.0 Å². The number of nitriles is 1. The molecule has 0 spiro atoms. The van der Waals surface area contributed by atoms with E-state index in [0.717, 1.165) is 29.1 Å². The zero-order valence-electron chi connectivity index (χ0n) is 29.8. The molecule has 3 rings (SSSR count). The SMILES string of the molecule is CC(=O)Nc1cc(N(CCCCS(=O)(=O)[O-])CCCCS(=O)(=O)[O-])ccc1N=Nc1c(C#N)cnn1-c1cc(S(=O)(=O)[O-])ccc1SOO[O-].[K+].[K+].[K+].[K+]. The van der Waals surface area contributed by atoms with Crippen molar-refractivity contribution in [1.82, 2.24) is 9.78 Å². The number of carbonyl (C=O) groups is 1. The number of unbranched alkanes of at least 4 members (excludes halogenated alkanes) is 2. The molecule has 0 aliphatic carbocycles. The second-order valence-electron chi connectivity index (χ2n) is 10.2. The molecule has 20 nitrogen and oxygen atoms in total. The topological polar surface area (TPSA) is 312 Å². The Kier molecular flexibility index (Phi) is 30.6. The molecular formula is C26H27K4N7O13S4. The number of hydrogen-bond donors (Lipinski definition) is 1. The van der Waals surface area contributed by atoms with Gasteiger partial charge in [-0.3, -0.25) is 9.83 Å². The van der Waals surface area contributed by atoms with Crippen LogP contribution in [0.25, 0.3) is 5.69 Å². The van der Waals surface area contributed by atoms with Gasteiger partial charge in [0, 0.05) is 37.2 Å². The maximum Gasteiger partial charge on any atom is 1.00 e. The van der Waals surface area contributed by atoms with Crippen molar-refractivity contribution < 1.29 is 264 Å². The van der Waals surface area contributed by atoms with Crippen molar-refractivity contribution in [3.8, 4) is 11.8 Å². The quantitative estimate of drug-likeness (QED) is 0.0222. The van der Waals surface area contributed by atoms with E-state index in [4.69, 9.17) is 0 Å². The van der Waals surface area contributed by atoms with Crippen molar-refractivity contribution in [2.45, 2.75) is 42.4 Å². The third-order valence-electron chi connectivity index (χ3n) is 6.52. The molecule has 0 bridgehead atoms. The maximum atomic E-state index is 12.1. The van der Waals surface area contributed by atoms with E-state index in [2.05, 4.69) is 30.0 Å². The van der Waals surface area contributed by atoms with E-state index in [1.165, 1.54) is 19.1 Å². The normalized spacial score (nSPS) is 11.3. The van der Waals surface area contributed by atoms with E-state index in [1.807, 2.05) is 6.07 Å². The number of rotatable bonds is 19. The van der Waals surface area contributed by atoms with Crippen LogP contribution in [-0.2, 0) is 44.5 Å². The molecule has 1 N–H and O–H groups in total. The molecule has 3 aromatic rings. The zero-order valence-corrected chi connectivity index (χ0v) is 45.6. The Balaban J connectivity index is 0. The van der Waals surface area contributed by atoms with Crippen LogP contribution in [0.2, 0.25) is 0 Å². The smallest absolute Gasteiger partial charge is 0.748 e. The molecule has 54 heavy (non-hydrogen) atoms. The summed E-state index contributed by atoms with van der Waals surface area (Å²) in [5.41, 5.74) is 0.286. The molecule has 0 saturated carbocycles. The number of aromatic nitrogens is 2. The van der Waals surface area contributed by atoms with Crippen molar-refractivity contribution in [1.29, 1.82) is 5.26 Å². The van der Waals surface area contributed by atoms with Gasteiger partial charge in [0.2, 0.25) is 5.91 Å². The fourth-order valence-corrected chi connectivity index (χ4v) is 6.43. The van der Waals surface area contributed by atoms with E-state index in [-0.39, 0.29) is 278 Å². The Hall–Kier alpha value is 2.52. The van der Waals surface area contributed by atoms with Crippen LogP contribution in [0.1, 0.15) is 38.2 Å². The van der Waals surface area contributed by atoms with E-state index < -0.39 is 52.7 Å². The van der Waals surface area contributed by atoms with Gasteiger partial charge >= 0.3 is 206 Å². The van der Waals surface area contributed by atoms with Crippen molar-refractivity contribution in [2.75, 3.05) is 34.8 Å². The minimum Gasteiger partial charge on any atom is -0.748 e. The van der Waals surface area contributed by atoms with Crippen molar-refractivity contribution in [3.05, 3.63) is 48.2 Å². The van der Waals surface area contributed by atoms with E-state index in [0.29, 0.717) is 17.7 Å². The second kappa shape index (κ2) is 28.2. The molecule has 2 aromatic carbocycles. The summed E-state index contributed by atoms with van der Waals surface area (Å²) in [6.45, 7) is 1.64. The van der Waals surface area contributed by atoms with Crippen LogP contribution >= 0.6 is 12.0 Å². The summed E-state index contributed by atoms with van der Waals surface area (Å²) in [7, 11) is -13.9. The number of carbonyl (C=O) groups excluding carboxylic acids is 1. The Morgan fingerprint density at radius 1 is 0.926 bits per heavy atom. The van der Waals surface area contributed by atoms with Gasteiger partial charge < -0.3 is 29.1 Å². The Bertz CT molecular complexity index is 2060. The first-order chi connectivity index (χ1) is 23.4. The first-order valence-corrected chi connectivity index (χ1v) is 19.4. The molecule has 1 aromatic heterocycles. The van der Waals surface area contributed by atoms with Crippen molar-refractivity contribution >= 4 is 71.2 Å². The van der Waals surface area contributed by atoms with Gasteiger partial charge in [0.25, 0.3) is 0 Å². The van der Waals surface area contributed by atoms with Gasteiger partial charge in [-0.1, -0.05) is 0 Å². The van der Waals surface area contributed by atoms with Crippen LogP contribution in [0.3, 0.4) is 0 Å². The van der Waals surface area contributed by atoms with Crippen molar-refractivity contribution in [3.63, 3.8) is 0 Å². The maximum absolute atomic E-state index is 12.1. The molecule has 0 radical (unpaired) electrons. The van der Waals surface area contributed by atoms with Gasteiger partial charge in [-0.05, 0) is 62.1 Å². The molecular weight excluding hydrogens is 903 g/mol. The number of nitrogens with one attached hydrogen (secondary N) is 1. The number of nitrogens with zero attached hydrogens (tertiary/aromatic N) is 6. The summed E-state index contributed by atoms with van der Waals surface area (Å²) in [6.07, 6.45) is 1.65. The first kappa shape index (κ1) is 58.6.